The highest BCUT2D eigenvalue weighted by Crippen LogP contribution is 2.86. The van der Waals surface area contributed by atoms with Gasteiger partial charge in [-0.3, -0.25) is 0 Å². The molecule has 2 rings (SSSR count). The van der Waals surface area contributed by atoms with Gasteiger partial charge >= 0.3 is 0 Å². The second kappa shape index (κ2) is 4.18. The van der Waals surface area contributed by atoms with Crippen molar-refractivity contribution in [2.75, 3.05) is 14.2 Å². The van der Waals surface area contributed by atoms with Gasteiger partial charge in [0.2, 0.25) is 0 Å². The zero-order valence-electron chi connectivity index (χ0n) is 12.4. The molecule has 0 amide bonds. The highest BCUT2D eigenvalue weighted by Gasteiger charge is 2.98. The van der Waals surface area contributed by atoms with Crippen molar-refractivity contribution in [2.45, 2.75) is 39.0 Å². The Morgan fingerprint density at radius 3 is 2.25 bits per heavy atom. The molecule has 6 nitrogen and oxygen atoms in total. The molecule has 0 spiro atoms. The van der Waals surface area contributed by atoms with Crippen molar-refractivity contribution in [1.29, 1.82) is 10.5 Å². The maximum atomic E-state index is 9.82. The van der Waals surface area contributed by atoms with Gasteiger partial charge in [0.05, 0.1) is 12.1 Å². The number of nitrogens with zero attached hydrogens (tertiary/aromatic N) is 3. The van der Waals surface area contributed by atoms with Crippen molar-refractivity contribution in [3.8, 4) is 12.1 Å². The van der Waals surface area contributed by atoms with Gasteiger partial charge in [-0.1, -0.05) is 26.7 Å². The summed E-state index contributed by atoms with van der Waals surface area (Å²) >= 11 is 0. The van der Waals surface area contributed by atoms with E-state index in [0.29, 0.717) is 6.42 Å². The van der Waals surface area contributed by atoms with Gasteiger partial charge in [-0.25, -0.2) is 4.99 Å². The summed E-state index contributed by atoms with van der Waals surface area (Å²) in [6.45, 7) is 3.97. The maximum absolute atomic E-state index is 9.82. The number of unbranched alkanes of at least 4 members (excludes halogenated alkanes) is 1. The standard InChI is InChI=1S/C14H20N4O2/c1-5-6-7-11(2)12(8-15)10(17)18-14(19-3,20-4)13(11,12)9-16/h5-7H2,1-4H3,(H2,17,18)/t11-,12+,13-/m1/s1. The first kappa shape index (κ1) is 14.8. The van der Waals surface area contributed by atoms with Crippen LogP contribution in [0.5, 0.6) is 0 Å². The van der Waals surface area contributed by atoms with Gasteiger partial charge in [-0.2, -0.15) is 10.5 Å². The quantitative estimate of drug-likeness (QED) is 0.767. The Balaban J connectivity index is 2.65. The highest BCUT2D eigenvalue weighted by molar-refractivity contribution is 6.00. The van der Waals surface area contributed by atoms with E-state index in [4.69, 9.17) is 15.2 Å². The molecule has 20 heavy (non-hydrogen) atoms. The van der Waals surface area contributed by atoms with Crippen molar-refractivity contribution in [2.24, 2.45) is 27.0 Å². The topological polar surface area (TPSA) is 104 Å². The zero-order chi connectivity index (χ0) is 15.2. The molecule has 1 aliphatic carbocycles. The smallest absolute Gasteiger partial charge is 0.292 e. The number of hydrogen-bond acceptors (Lipinski definition) is 6. The summed E-state index contributed by atoms with van der Waals surface area (Å²) in [6.07, 6.45) is 2.58. The van der Waals surface area contributed by atoms with E-state index < -0.39 is 22.2 Å². The van der Waals surface area contributed by atoms with Crippen LogP contribution in [0.4, 0.5) is 0 Å². The minimum Gasteiger partial charge on any atom is -0.386 e. The molecule has 6 heteroatoms. The van der Waals surface area contributed by atoms with Gasteiger partial charge < -0.3 is 15.2 Å². The molecule has 0 saturated heterocycles. The van der Waals surface area contributed by atoms with Gasteiger partial charge in [-0.05, 0) is 6.42 Å². The number of nitriles is 2. The molecule has 1 saturated carbocycles. The van der Waals surface area contributed by atoms with Crippen LogP contribution >= 0.6 is 0 Å². The van der Waals surface area contributed by atoms with E-state index in [1.807, 2.05) is 6.92 Å². The molecule has 3 atom stereocenters. The van der Waals surface area contributed by atoms with Crippen molar-refractivity contribution in [1.82, 2.24) is 0 Å². The van der Waals surface area contributed by atoms with Crippen LogP contribution in [0.15, 0.2) is 4.99 Å². The van der Waals surface area contributed by atoms with Crippen LogP contribution in [0.1, 0.15) is 33.1 Å². The molecule has 2 N–H and O–H groups in total. The van der Waals surface area contributed by atoms with E-state index in [0.717, 1.165) is 12.8 Å². The molecular weight excluding hydrogens is 256 g/mol. The molecule has 0 aromatic rings. The summed E-state index contributed by atoms with van der Waals surface area (Å²) in [5.74, 6) is -1.35. The third kappa shape index (κ3) is 1.06. The van der Waals surface area contributed by atoms with Crippen LogP contribution in [0.3, 0.4) is 0 Å². The number of hydrogen-bond donors (Lipinski definition) is 1. The zero-order valence-corrected chi connectivity index (χ0v) is 12.4. The van der Waals surface area contributed by atoms with Crippen LogP contribution in [0.2, 0.25) is 0 Å². The lowest BCUT2D eigenvalue weighted by Crippen LogP contribution is -2.43. The van der Waals surface area contributed by atoms with Crippen LogP contribution in [0, 0.1) is 38.9 Å². The SMILES string of the molecule is CCCC[C@]1(C)[C@]2(C#N)C(N)=NC(OC)(OC)[C@]12C#N. The lowest BCUT2D eigenvalue weighted by molar-refractivity contribution is -0.236. The Morgan fingerprint density at radius 1 is 1.25 bits per heavy atom. The minimum absolute atomic E-state index is 0.142. The molecule has 1 heterocycles. The lowest BCUT2D eigenvalue weighted by Gasteiger charge is -2.32. The first-order valence-corrected chi connectivity index (χ1v) is 6.72. The predicted molar refractivity (Wildman–Crippen MR) is 72.1 cm³/mol. The Morgan fingerprint density at radius 2 is 1.85 bits per heavy atom. The summed E-state index contributed by atoms with van der Waals surface area (Å²) in [4.78, 5) is 4.18. The van der Waals surface area contributed by atoms with Gasteiger partial charge in [0.25, 0.3) is 5.91 Å². The average Bonchev–Trinajstić information content (AvgIpc) is 2.85. The Hall–Kier alpha value is -1.63. The van der Waals surface area contributed by atoms with Gasteiger partial charge in [0.1, 0.15) is 11.3 Å². The molecule has 1 fully saturated rings. The van der Waals surface area contributed by atoms with E-state index >= 15 is 0 Å². The Bertz CT molecular complexity index is 542. The Kier molecular flexibility index (Phi) is 3.09. The third-order valence-corrected chi connectivity index (χ3v) is 5.20. The van der Waals surface area contributed by atoms with E-state index in [2.05, 4.69) is 24.1 Å². The van der Waals surface area contributed by atoms with Crippen molar-refractivity contribution >= 4 is 5.84 Å². The molecule has 1 aliphatic heterocycles. The van der Waals surface area contributed by atoms with Crippen LogP contribution in [-0.2, 0) is 9.47 Å². The fraction of sp³-hybridized carbons (Fsp3) is 0.786. The number of fused-ring (bicyclic) bond motifs is 1. The predicted octanol–water partition coefficient (Wildman–Crippen LogP) is 1.53. The fourth-order valence-electron chi connectivity index (χ4n) is 4.10. The Labute approximate surface area is 119 Å². The molecule has 0 aromatic heterocycles. The number of ether oxygens (including phenoxy) is 2. The van der Waals surface area contributed by atoms with E-state index in [9.17, 15) is 10.5 Å². The van der Waals surface area contributed by atoms with Crippen LogP contribution < -0.4 is 5.73 Å². The third-order valence-electron chi connectivity index (χ3n) is 5.20. The number of methoxy groups -OCH3 is 2. The normalized spacial score (nSPS) is 40.4. The van der Waals surface area contributed by atoms with Crippen LogP contribution in [-0.4, -0.2) is 26.0 Å². The molecule has 0 unspecified atom stereocenters. The summed E-state index contributed by atoms with van der Waals surface area (Å²) in [6, 6.07) is 4.50. The monoisotopic (exact) mass is 276 g/mol. The molecule has 0 aromatic carbocycles. The molecular formula is C14H20N4O2. The average molecular weight is 276 g/mol. The van der Waals surface area contributed by atoms with Gasteiger partial charge in [0, 0.05) is 19.6 Å². The van der Waals surface area contributed by atoms with Crippen molar-refractivity contribution in [3.05, 3.63) is 0 Å². The molecule has 2 aliphatic rings. The first-order chi connectivity index (χ1) is 9.43. The number of rotatable bonds is 5. The van der Waals surface area contributed by atoms with Crippen molar-refractivity contribution < 1.29 is 9.47 Å². The summed E-state index contributed by atoms with van der Waals surface area (Å²) in [7, 11) is 2.84. The lowest BCUT2D eigenvalue weighted by atomic mass is 9.87. The summed E-state index contributed by atoms with van der Waals surface area (Å²) in [5, 5.41) is 19.5. The van der Waals surface area contributed by atoms with E-state index in [-0.39, 0.29) is 5.84 Å². The second-order valence-electron chi connectivity index (χ2n) is 5.65. The van der Waals surface area contributed by atoms with Gasteiger partial charge in [0.15, 0.2) is 5.41 Å². The molecule has 108 valence electrons. The second-order valence-corrected chi connectivity index (χ2v) is 5.65. The molecule has 0 radical (unpaired) electrons. The highest BCUT2D eigenvalue weighted by atomic mass is 16.7. The van der Waals surface area contributed by atoms with Gasteiger partial charge in [-0.15, -0.1) is 0 Å². The van der Waals surface area contributed by atoms with E-state index in [1.54, 1.807) is 0 Å². The van der Waals surface area contributed by atoms with Crippen molar-refractivity contribution in [3.63, 3.8) is 0 Å². The number of nitrogens with two attached hydrogens (primary N) is 1. The summed E-state index contributed by atoms with van der Waals surface area (Å²) in [5.41, 5.74) is 3.08. The largest absolute Gasteiger partial charge is 0.386 e. The fourth-order valence-corrected chi connectivity index (χ4v) is 4.10. The first-order valence-electron chi connectivity index (χ1n) is 6.72. The van der Waals surface area contributed by atoms with E-state index in [1.165, 1.54) is 14.2 Å². The minimum atomic E-state index is -1.50. The maximum Gasteiger partial charge on any atom is 0.292 e. The molecule has 0 bridgehead atoms. The van der Waals surface area contributed by atoms with Crippen LogP contribution in [0.25, 0.3) is 0 Å². The summed E-state index contributed by atoms with van der Waals surface area (Å²) < 4.78 is 10.8. The number of aliphatic imine (C=N–C) groups is 1. The number of amidine groups is 1.